The SMILES string of the molecule is CCc1cc(CC(N)C(CC)(CC)N2CCCC2)n(C)n1. The van der Waals surface area contributed by atoms with E-state index in [4.69, 9.17) is 5.73 Å². The molecule has 4 heteroatoms. The lowest BCUT2D eigenvalue weighted by Gasteiger charge is -2.45. The monoisotopic (exact) mass is 292 g/mol. The first kappa shape index (κ1) is 16.5. The van der Waals surface area contributed by atoms with Crippen LogP contribution in [0.25, 0.3) is 0 Å². The molecule has 0 spiro atoms. The third-order valence-electron chi connectivity index (χ3n) is 5.47. The predicted octanol–water partition coefficient (Wildman–Crippen LogP) is 2.51. The van der Waals surface area contributed by atoms with E-state index >= 15 is 0 Å². The summed E-state index contributed by atoms with van der Waals surface area (Å²) >= 11 is 0. The average molecular weight is 292 g/mol. The summed E-state index contributed by atoms with van der Waals surface area (Å²) in [6.45, 7) is 9.16. The zero-order valence-electron chi connectivity index (χ0n) is 14.2. The van der Waals surface area contributed by atoms with Crippen molar-refractivity contribution in [2.24, 2.45) is 12.8 Å². The Morgan fingerprint density at radius 2 is 1.86 bits per heavy atom. The molecule has 2 N–H and O–H groups in total. The summed E-state index contributed by atoms with van der Waals surface area (Å²) < 4.78 is 2.01. The molecule has 1 aliphatic heterocycles. The highest BCUT2D eigenvalue weighted by molar-refractivity contribution is 5.14. The van der Waals surface area contributed by atoms with Gasteiger partial charge in [0.25, 0.3) is 0 Å². The third kappa shape index (κ3) is 3.16. The fourth-order valence-electron chi connectivity index (χ4n) is 3.97. The van der Waals surface area contributed by atoms with Crippen LogP contribution in [0.1, 0.15) is 57.8 Å². The van der Waals surface area contributed by atoms with Gasteiger partial charge in [-0.2, -0.15) is 5.10 Å². The molecule has 1 aromatic heterocycles. The summed E-state index contributed by atoms with van der Waals surface area (Å²) in [5, 5.41) is 4.56. The van der Waals surface area contributed by atoms with Gasteiger partial charge in [0, 0.05) is 30.7 Å². The second-order valence-corrected chi connectivity index (χ2v) is 6.42. The number of hydrogen-bond acceptors (Lipinski definition) is 3. The van der Waals surface area contributed by atoms with Gasteiger partial charge in [-0.05, 0) is 51.3 Å². The van der Waals surface area contributed by atoms with E-state index in [2.05, 4.69) is 36.8 Å². The number of nitrogens with zero attached hydrogens (tertiary/aromatic N) is 3. The summed E-state index contributed by atoms with van der Waals surface area (Å²) in [5.41, 5.74) is 9.30. The minimum Gasteiger partial charge on any atom is -0.326 e. The molecule has 2 rings (SSSR count). The predicted molar refractivity (Wildman–Crippen MR) is 88.4 cm³/mol. The molecule has 1 atom stereocenters. The Hall–Kier alpha value is -0.870. The largest absolute Gasteiger partial charge is 0.326 e. The first-order chi connectivity index (χ1) is 10.1. The number of nitrogens with two attached hydrogens (primary N) is 1. The second kappa shape index (κ2) is 6.93. The fraction of sp³-hybridized carbons (Fsp3) is 0.824. The van der Waals surface area contributed by atoms with Crippen molar-refractivity contribution in [2.75, 3.05) is 13.1 Å². The van der Waals surface area contributed by atoms with Gasteiger partial charge >= 0.3 is 0 Å². The van der Waals surface area contributed by atoms with Crippen molar-refractivity contribution < 1.29 is 0 Å². The molecule has 1 fully saturated rings. The Morgan fingerprint density at radius 3 is 2.33 bits per heavy atom. The molecular weight excluding hydrogens is 260 g/mol. The van der Waals surface area contributed by atoms with Gasteiger partial charge in [-0.1, -0.05) is 20.8 Å². The van der Waals surface area contributed by atoms with Crippen molar-refractivity contribution in [3.05, 3.63) is 17.5 Å². The van der Waals surface area contributed by atoms with Crippen molar-refractivity contribution in [1.82, 2.24) is 14.7 Å². The highest BCUT2D eigenvalue weighted by Gasteiger charge is 2.40. The maximum atomic E-state index is 6.72. The molecule has 0 bridgehead atoms. The number of hydrogen-bond donors (Lipinski definition) is 1. The summed E-state index contributed by atoms with van der Waals surface area (Å²) in [7, 11) is 2.04. The lowest BCUT2D eigenvalue weighted by molar-refractivity contribution is 0.0762. The molecule has 2 heterocycles. The average Bonchev–Trinajstić information content (AvgIpc) is 3.12. The van der Waals surface area contributed by atoms with E-state index in [0.717, 1.165) is 25.7 Å². The molecule has 120 valence electrons. The smallest absolute Gasteiger partial charge is 0.0624 e. The molecule has 0 amide bonds. The fourth-order valence-corrected chi connectivity index (χ4v) is 3.97. The molecule has 1 unspecified atom stereocenters. The van der Waals surface area contributed by atoms with Gasteiger partial charge in [-0.3, -0.25) is 9.58 Å². The molecule has 0 aliphatic carbocycles. The minimum absolute atomic E-state index is 0.146. The first-order valence-electron chi connectivity index (χ1n) is 8.59. The van der Waals surface area contributed by atoms with E-state index < -0.39 is 0 Å². The molecule has 0 radical (unpaired) electrons. The van der Waals surface area contributed by atoms with Gasteiger partial charge in [0.05, 0.1) is 5.69 Å². The zero-order valence-corrected chi connectivity index (χ0v) is 14.2. The maximum absolute atomic E-state index is 6.72. The molecule has 1 aromatic rings. The molecule has 0 aromatic carbocycles. The highest BCUT2D eigenvalue weighted by atomic mass is 15.3. The quantitative estimate of drug-likeness (QED) is 0.840. The van der Waals surface area contributed by atoms with Crippen LogP contribution in [0, 0.1) is 0 Å². The molecule has 4 nitrogen and oxygen atoms in total. The van der Waals surface area contributed by atoms with Crippen molar-refractivity contribution in [1.29, 1.82) is 0 Å². The lowest BCUT2D eigenvalue weighted by Crippen LogP contribution is -2.59. The van der Waals surface area contributed by atoms with Crippen LogP contribution < -0.4 is 5.73 Å². The van der Waals surface area contributed by atoms with E-state index in [-0.39, 0.29) is 11.6 Å². The van der Waals surface area contributed by atoms with E-state index in [1.54, 1.807) is 0 Å². The third-order valence-corrected chi connectivity index (χ3v) is 5.47. The standard InChI is InChI=1S/C17H32N4/c1-5-14-12-15(20(4)19-14)13-16(18)17(6-2,7-3)21-10-8-9-11-21/h12,16H,5-11,13,18H2,1-4H3. The van der Waals surface area contributed by atoms with Gasteiger partial charge in [0.2, 0.25) is 0 Å². The topological polar surface area (TPSA) is 47.1 Å². The Kier molecular flexibility index (Phi) is 5.44. The first-order valence-corrected chi connectivity index (χ1v) is 8.59. The summed E-state index contributed by atoms with van der Waals surface area (Å²) in [6, 6.07) is 2.39. The molecule has 1 saturated heterocycles. The number of aryl methyl sites for hydroxylation is 2. The highest BCUT2D eigenvalue weighted by Crippen LogP contribution is 2.32. The van der Waals surface area contributed by atoms with Crippen molar-refractivity contribution in [3.8, 4) is 0 Å². The normalized spacial score (nSPS) is 18.3. The Bertz CT molecular complexity index is 442. The Balaban J connectivity index is 2.17. The van der Waals surface area contributed by atoms with Crippen LogP contribution in [0.3, 0.4) is 0 Å². The molecule has 0 saturated carbocycles. The molecule has 1 aliphatic rings. The van der Waals surface area contributed by atoms with Crippen LogP contribution >= 0.6 is 0 Å². The van der Waals surface area contributed by atoms with Crippen LogP contribution in [0.4, 0.5) is 0 Å². The van der Waals surface area contributed by atoms with Gasteiger partial charge in [0.1, 0.15) is 0 Å². The van der Waals surface area contributed by atoms with E-state index in [1.165, 1.54) is 37.3 Å². The van der Waals surface area contributed by atoms with Gasteiger partial charge < -0.3 is 5.73 Å². The van der Waals surface area contributed by atoms with Crippen LogP contribution in [0.15, 0.2) is 6.07 Å². The summed E-state index contributed by atoms with van der Waals surface area (Å²) in [5.74, 6) is 0. The Labute approximate surface area is 129 Å². The summed E-state index contributed by atoms with van der Waals surface area (Å²) in [4.78, 5) is 2.65. The number of aromatic nitrogens is 2. The number of rotatable bonds is 7. The van der Waals surface area contributed by atoms with Gasteiger partial charge in [-0.25, -0.2) is 0 Å². The Morgan fingerprint density at radius 1 is 1.24 bits per heavy atom. The van der Waals surface area contributed by atoms with E-state index in [0.29, 0.717) is 0 Å². The molecular formula is C17H32N4. The van der Waals surface area contributed by atoms with E-state index in [1.807, 2.05) is 11.7 Å². The van der Waals surface area contributed by atoms with Gasteiger partial charge in [-0.15, -0.1) is 0 Å². The van der Waals surface area contributed by atoms with Crippen LogP contribution in [-0.2, 0) is 19.9 Å². The van der Waals surface area contributed by atoms with Crippen LogP contribution in [0.2, 0.25) is 0 Å². The lowest BCUT2D eigenvalue weighted by atomic mass is 9.81. The van der Waals surface area contributed by atoms with Crippen molar-refractivity contribution >= 4 is 0 Å². The van der Waals surface area contributed by atoms with Crippen LogP contribution in [-0.4, -0.2) is 39.4 Å². The van der Waals surface area contributed by atoms with E-state index in [9.17, 15) is 0 Å². The van der Waals surface area contributed by atoms with Gasteiger partial charge in [0.15, 0.2) is 0 Å². The maximum Gasteiger partial charge on any atom is 0.0624 e. The van der Waals surface area contributed by atoms with Crippen molar-refractivity contribution in [2.45, 2.75) is 70.9 Å². The molecule has 21 heavy (non-hydrogen) atoms. The van der Waals surface area contributed by atoms with Crippen molar-refractivity contribution in [3.63, 3.8) is 0 Å². The second-order valence-electron chi connectivity index (χ2n) is 6.42. The number of likely N-dealkylation sites (tertiary alicyclic amines) is 1. The minimum atomic E-state index is 0.146. The summed E-state index contributed by atoms with van der Waals surface area (Å²) in [6.07, 6.45) is 6.80. The zero-order chi connectivity index (χ0) is 15.5. The van der Waals surface area contributed by atoms with Crippen LogP contribution in [0.5, 0.6) is 0 Å².